The van der Waals surface area contributed by atoms with Crippen molar-refractivity contribution in [2.24, 2.45) is 0 Å². The molecule has 0 bridgehead atoms. The number of carbonyl (C=O) groups excluding carboxylic acids is 1. The fourth-order valence-electron chi connectivity index (χ4n) is 2.64. The molecule has 0 atom stereocenters. The third kappa shape index (κ3) is 6.08. The van der Waals surface area contributed by atoms with Gasteiger partial charge in [0, 0.05) is 9.50 Å². The van der Waals surface area contributed by atoms with Crippen LogP contribution >= 0.6 is 38.9 Å². The molecule has 1 heterocycles. The van der Waals surface area contributed by atoms with Gasteiger partial charge in [0.1, 0.15) is 17.0 Å². The van der Waals surface area contributed by atoms with Gasteiger partial charge in [0.2, 0.25) is 0 Å². The van der Waals surface area contributed by atoms with Crippen molar-refractivity contribution in [2.75, 3.05) is 13.2 Å². The molecule has 0 saturated heterocycles. The molecular weight excluding hydrogens is 490 g/mol. The zero-order chi connectivity index (χ0) is 21.5. The number of hydrogen-bond acceptors (Lipinski definition) is 5. The Morgan fingerprint density at radius 2 is 1.87 bits per heavy atom. The van der Waals surface area contributed by atoms with Crippen LogP contribution in [0.3, 0.4) is 0 Å². The number of benzene rings is 2. The molecule has 3 rings (SSSR count). The van der Waals surface area contributed by atoms with E-state index in [9.17, 15) is 9.59 Å². The number of aromatic nitrogens is 1. The first-order chi connectivity index (χ1) is 14.5. The van der Waals surface area contributed by atoms with Gasteiger partial charge in [0.25, 0.3) is 5.56 Å². The number of nitrogens with zero attached hydrogens (tertiary/aromatic N) is 1. The first-order valence-corrected chi connectivity index (χ1v) is 11.2. The molecule has 5 nitrogen and oxygen atoms in total. The highest BCUT2D eigenvalue weighted by Gasteiger charge is 2.08. The average molecular weight is 509 g/mol. The van der Waals surface area contributed by atoms with Gasteiger partial charge < -0.3 is 9.47 Å². The van der Waals surface area contributed by atoms with Gasteiger partial charge in [-0.25, -0.2) is 4.79 Å². The highest BCUT2D eigenvalue weighted by Crippen LogP contribution is 2.15. The fourth-order valence-corrected chi connectivity index (χ4v) is 4.08. The van der Waals surface area contributed by atoms with E-state index in [-0.39, 0.29) is 25.3 Å². The second-order valence-electron chi connectivity index (χ2n) is 6.16. The molecule has 0 unspecified atom stereocenters. The highest BCUT2D eigenvalue weighted by atomic mass is 79.9. The van der Waals surface area contributed by atoms with E-state index in [0.29, 0.717) is 20.0 Å². The maximum atomic E-state index is 13.0. The predicted octanol–water partition coefficient (Wildman–Crippen LogP) is 3.58. The number of carbonyl (C=O) groups is 1. The topological polar surface area (TPSA) is 57.5 Å². The zero-order valence-electron chi connectivity index (χ0n) is 16.1. The Labute approximate surface area is 191 Å². The summed E-state index contributed by atoms with van der Waals surface area (Å²) in [5, 5.41) is 0.621. The van der Waals surface area contributed by atoms with Crippen LogP contribution < -0.4 is 19.5 Å². The Bertz CT molecular complexity index is 1180. The van der Waals surface area contributed by atoms with Crippen LogP contribution in [0.15, 0.2) is 57.8 Å². The molecule has 156 valence electrons. The first kappa shape index (κ1) is 22.3. The molecule has 0 saturated carbocycles. The van der Waals surface area contributed by atoms with Crippen LogP contribution in [-0.4, -0.2) is 23.8 Å². The lowest BCUT2D eigenvalue weighted by Crippen LogP contribution is -2.33. The van der Waals surface area contributed by atoms with Crippen molar-refractivity contribution in [1.82, 2.24) is 4.57 Å². The van der Waals surface area contributed by atoms with Crippen molar-refractivity contribution < 1.29 is 14.3 Å². The van der Waals surface area contributed by atoms with E-state index < -0.39 is 5.97 Å². The maximum Gasteiger partial charge on any atom is 0.333 e. The first-order valence-electron chi connectivity index (χ1n) is 9.20. The lowest BCUT2D eigenvalue weighted by atomic mass is 10.2. The third-order valence-corrected chi connectivity index (χ3v) is 5.87. The molecule has 8 heteroatoms. The Morgan fingerprint density at radius 3 is 2.53 bits per heavy atom. The van der Waals surface area contributed by atoms with Crippen LogP contribution in [0.2, 0.25) is 5.02 Å². The summed E-state index contributed by atoms with van der Waals surface area (Å²) in [7, 11) is 0. The minimum atomic E-state index is -0.485. The largest absolute Gasteiger partial charge is 0.492 e. The minimum absolute atomic E-state index is 0.182. The maximum absolute atomic E-state index is 13.0. The van der Waals surface area contributed by atoms with Gasteiger partial charge in [0.05, 0.1) is 23.8 Å². The molecule has 0 amide bonds. The normalized spacial score (nSPS) is 12.2. The van der Waals surface area contributed by atoms with Crippen LogP contribution in [0.25, 0.3) is 12.2 Å². The van der Waals surface area contributed by atoms with Gasteiger partial charge in [-0.05, 0) is 55.0 Å². The summed E-state index contributed by atoms with van der Waals surface area (Å²) in [6.07, 6.45) is 3.15. The molecule has 30 heavy (non-hydrogen) atoms. The van der Waals surface area contributed by atoms with Gasteiger partial charge in [-0.2, -0.15) is 0 Å². The average Bonchev–Trinajstić information content (AvgIpc) is 3.00. The molecule has 0 aliphatic carbocycles. The molecule has 1 aromatic heterocycles. The Hall–Kier alpha value is -2.35. The molecule has 2 aromatic carbocycles. The van der Waals surface area contributed by atoms with Gasteiger partial charge in [-0.1, -0.05) is 39.7 Å². The van der Waals surface area contributed by atoms with E-state index in [4.69, 9.17) is 21.1 Å². The van der Waals surface area contributed by atoms with E-state index in [1.807, 2.05) is 24.3 Å². The molecule has 3 aromatic rings. The lowest BCUT2D eigenvalue weighted by Gasteiger charge is -2.06. The molecule has 0 aliphatic rings. The number of ether oxygens (including phenoxy) is 2. The summed E-state index contributed by atoms with van der Waals surface area (Å²) in [6, 6.07) is 14.6. The monoisotopic (exact) mass is 507 g/mol. The van der Waals surface area contributed by atoms with E-state index in [0.717, 1.165) is 10.0 Å². The van der Waals surface area contributed by atoms with Crippen molar-refractivity contribution in [3.05, 3.63) is 83.1 Å². The Morgan fingerprint density at radius 1 is 1.17 bits per heavy atom. The standard InChI is InChI=1S/C22H19BrClNO4S/c1-2-28-21(26)14-20-25(11-12-29-18-9-7-17(24)8-10-18)22(27)19(30-20)13-15-3-5-16(23)6-4-15/h3-10,13-14H,2,11-12H2,1H3/b19-13+,20-14-. The summed E-state index contributed by atoms with van der Waals surface area (Å²) in [4.78, 5) is 24.9. The molecule has 0 aliphatic heterocycles. The molecular formula is C22H19BrClNO4S. The van der Waals surface area contributed by atoms with Crippen LogP contribution in [0.5, 0.6) is 5.75 Å². The van der Waals surface area contributed by atoms with Crippen LogP contribution in [-0.2, 0) is 16.1 Å². The second-order valence-corrected chi connectivity index (χ2v) is 8.57. The highest BCUT2D eigenvalue weighted by molar-refractivity contribution is 9.10. The minimum Gasteiger partial charge on any atom is -0.492 e. The van der Waals surface area contributed by atoms with E-state index >= 15 is 0 Å². The van der Waals surface area contributed by atoms with Crippen molar-refractivity contribution in [1.29, 1.82) is 0 Å². The number of rotatable bonds is 7. The smallest absolute Gasteiger partial charge is 0.333 e. The van der Waals surface area contributed by atoms with Gasteiger partial charge >= 0.3 is 5.97 Å². The van der Waals surface area contributed by atoms with Crippen LogP contribution in [0.1, 0.15) is 12.5 Å². The summed E-state index contributed by atoms with van der Waals surface area (Å²) in [6.45, 7) is 2.56. The quantitative estimate of drug-likeness (QED) is 0.458. The SMILES string of the molecule is CCOC(=O)/C=c1\s/c(=C/c2ccc(Br)cc2)c(=O)n1CCOc1ccc(Cl)cc1. The molecule has 0 spiro atoms. The lowest BCUT2D eigenvalue weighted by molar-refractivity contribution is -0.135. The summed E-state index contributed by atoms with van der Waals surface area (Å²) < 4.78 is 14.2. The van der Waals surface area contributed by atoms with Gasteiger partial charge in [0.15, 0.2) is 0 Å². The van der Waals surface area contributed by atoms with E-state index in [2.05, 4.69) is 15.9 Å². The Balaban J connectivity index is 1.91. The van der Waals surface area contributed by atoms with E-state index in [1.54, 1.807) is 37.3 Å². The summed E-state index contributed by atoms with van der Waals surface area (Å²) >= 11 is 10.5. The van der Waals surface area contributed by atoms with E-state index in [1.165, 1.54) is 22.0 Å². The zero-order valence-corrected chi connectivity index (χ0v) is 19.3. The third-order valence-electron chi connectivity index (χ3n) is 4.03. The Kier molecular flexibility index (Phi) is 7.90. The number of thiazole rings is 1. The van der Waals surface area contributed by atoms with Crippen molar-refractivity contribution in [2.45, 2.75) is 13.5 Å². The van der Waals surface area contributed by atoms with Gasteiger partial charge in [-0.3, -0.25) is 9.36 Å². The number of halogens is 2. The van der Waals surface area contributed by atoms with Crippen molar-refractivity contribution >= 4 is 57.0 Å². The van der Waals surface area contributed by atoms with Crippen LogP contribution in [0, 0.1) is 0 Å². The van der Waals surface area contributed by atoms with Gasteiger partial charge in [-0.15, -0.1) is 11.3 Å². The summed E-state index contributed by atoms with van der Waals surface area (Å²) in [5.74, 6) is 0.168. The van der Waals surface area contributed by atoms with Crippen molar-refractivity contribution in [3.63, 3.8) is 0 Å². The number of esters is 1. The number of hydrogen-bond donors (Lipinski definition) is 0. The molecule has 0 radical (unpaired) electrons. The molecule has 0 N–H and O–H groups in total. The second kappa shape index (κ2) is 10.6. The van der Waals surface area contributed by atoms with Crippen molar-refractivity contribution in [3.8, 4) is 5.75 Å². The predicted molar refractivity (Wildman–Crippen MR) is 124 cm³/mol. The molecule has 0 fully saturated rings. The van der Waals surface area contributed by atoms with Crippen LogP contribution in [0.4, 0.5) is 0 Å². The fraction of sp³-hybridized carbons (Fsp3) is 0.182. The summed E-state index contributed by atoms with van der Waals surface area (Å²) in [5.41, 5.74) is 0.710.